The van der Waals surface area contributed by atoms with E-state index in [-0.39, 0.29) is 11.4 Å². The summed E-state index contributed by atoms with van der Waals surface area (Å²) in [5, 5.41) is 2.74. The van der Waals surface area contributed by atoms with Crippen molar-refractivity contribution in [3.8, 4) is 0 Å². The van der Waals surface area contributed by atoms with Gasteiger partial charge in [-0.2, -0.15) is 0 Å². The van der Waals surface area contributed by atoms with Crippen molar-refractivity contribution >= 4 is 5.91 Å². The molecule has 0 spiro atoms. The Bertz CT molecular complexity index is 118. The quantitative estimate of drug-likeness (QED) is 0.485. The molecule has 1 aliphatic heterocycles. The van der Waals surface area contributed by atoms with Crippen molar-refractivity contribution in [3.63, 3.8) is 0 Å². The Morgan fingerprint density at radius 2 is 2.50 bits per heavy atom. The van der Waals surface area contributed by atoms with Crippen LogP contribution in [0.2, 0.25) is 0 Å². The topological polar surface area (TPSA) is 29.1 Å². The molecule has 0 unspecified atom stereocenters. The minimum Gasteiger partial charge on any atom is -0.351 e. The van der Waals surface area contributed by atoms with E-state index in [4.69, 9.17) is 0 Å². The van der Waals surface area contributed by atoms with Crippen LogP contribution in [0.5, 0.6) is 0 Å². The lowest BCUT2D eigenvalue weighted by Crippen LogP contribution is -2.34. The van der Waals surface area contributed by atoms with Crippen LogP contribution in [0.15, 0.2) is 0 Å². The van der Waals surface area contributed by atoms with Crippen LogP contribution in [-0.2, 0) is 4.79 Å². The van der Waals surface area contributed by atoms with Gasteiger partial charge in [0.25, 0.3) is 0 Å². The van der Waals surface area contributed by atoms with Crippen LogP contribution in [0.3, 0.4) is 0 Å². The molecule has 2 heteroatoms. The fourth-order valence-corrected chi connectivity index (χ4v) is 0.851. The fourth-order valence-electron chi connectivity index (χ4n) is 0.851. The molecule has 1 rings (SSSR count). The third kappa shape index (κ3) is 0.997. The summed E-state index contributed by atoms with van der Waals surface area (Å²) < 4.78 is 0. The number of hydrogen-bond donors (Lipinski definition) is 1. The van der Waals surface area contributed by atoms with Crippen molar-refractivity contribution in [3.05, 3.63) is 6.92 Å². The average Bonchev–Trinajstić information content (AvgIpc) is 1.82. The number of carbonyl (C=O) groups excluding carboxylic acids is 1. The maximum absolute atomic E-state index is 10.5. The Morgan fingerprint density at radius 1 is 1.88 bits per heavy atom. The summed E-state index contributed by atoms with van der Waals surface area (Å²) in [6.07, 6.45) is 1.51. The third-order valence-corrected chi connectivity index (χ3v) is 1.35. The van der Waals surface area contributed by atoms with Gasteiger partial charge in [0.1, 0.15) is 0 Å². The first-order valence-electron chi connectivity index (χ1n) is 2.76. The van der Waals surface area contributed by atoms with E-state index in [2.05, 4.69) is 12.2 Å². The summed E-state index contributed by atoms with van der Waals surface area (Å²) in [5.74, 6) is 0.127. The normalized spacial score (nSPS) is 25.5. The zero-order chi connectivity index (χ0) is 6.20. The van der Waals surface area contributed by atoms with Crippen molar-refractivity contribution < 1.29 is 4.79 Å². The molecule has 1 radical (unpaired) electrons. The minimum absolute atomic E-state index is 0.127. The van der Waals surface area contributed by atoms with Crippen LogP contribution in [0.25, 0.3) is 0 Å². The van der Waals surface area contributed by atoms with Gasteiger partial charge in [-0.05, 0) is 20.3 Å². The van der Waals surface area contributed by atoms with Gasteiger partial charge in [0.2, 0.25) is 5.91 Å². The minimum atomic E-state index is -0.183. The van der Waals surface area contributed by atoms with Crippen LogP contribution >= 0.6 is 0 Å². The second-order valence-electron chi connectivity index (χ2n) is 2.61. The van der Waals surface area contributed by atoms with E-state index < -0.39 is 0 Å². The van der Waals surface area contributed by atoms with Crippen LogP contribution in [0.1, 0.15) is 19.8 Å². The van der Waals surface area contributed by atoms with E-state index in [9.17, 15) is 4.79 Å². The largest absolute Gasteiger partial charge is 0.351 e. The number of carbonyl (C=O) groups is 1. The van der Waals surface area contributed by atoms with Crippen LogP contribution in [0, 0.1) is 6.92 Å². The maximum Gasteiger partial charge on any atom is 0.220 e. The van der Waals surface area contributed by atoms with Gasteiger partial charge in [0.05, 0.1) is 0 Å². The number of hydrogen-bond acceptors (Lipinski definition) is 1. The lowest BCUT2D eigenvalue weighted by Gasteiger charge is -2.15. The summed E-state index contributed by atoms with van der Waals surface area (Å²) in [4.78, 5) is 10.5. The second kappa shape index (κ2) is 1.47. The number of amides is 1. The maximum atomic E-state index is 10.5. The Kier molecular flexibility index (Phi) is 1.03. The van der Waals surface area contributed by atoms with E-state index >= 15 is 0 Å². The van der Waals surface area contributed by atoms with Crippen LogP contribution in [0.4, 0.5) is 0 Å². The van der Waals surface area contributed by atoms with Gasteiger partial charge < -0.3 is 5.32 Å². The van der Waals surface area contributed by atoms with Crippen molar-refractivity contribution in [2.24, 2.45) is 0 Å². The van der Waals surface area contributed by atoms with E-state index in [0.717, 1.165) is 6.42 Å². The molecule has 1 atom stereocenters. The van der Waals surface area contributed by atoms with Crippen LogP contribution in [-0.4, -0.2) is 11.4 Å². The predicted octanol–water partition coefficient (Wildman–Crippen LogP) is 0.489. The lowest BCUT2D eigenvalue weighted by atomic mass is 10.0. The van der Waals surface area contributed by atoms with Gasteiger partial charge in [-0.1, -0.05) is 0 Å². The predicted molar refractivity (Wildman–Crippen MR) is 31.1 cm³/mol. The summed E-state index contributed by atoms with van der Waals surface area (Å²) >= 11 is 0. The van der Waals surface area contributed by atoms with Gasteiger partial charge in [0.15, 0.2) is 0 Å². The van der Waals surface area contributed by atoms with Crippen molar-refractivity contribution in [2.45, 2.75) is 25.3 Å². The van der Waals surface area contributed by atoms with E-state index in [1.165, 1.54) is 0 Å². The molecule has 1 N–H and O–H groups in total. The molecule has 0 aromatic rings. The highest BCUT2D eigenvalue weighted by Crippen LogP contribution is 2.16. The van der Waals surface area contributed by atoms with Gasteiger partial charge in [-0.15, -0.1) is 0 Å². The molecule has 1 fully saturated rings. The molecular weight excluding hydrogens is 102 g/mol. The van der Waals surface area contributed by atoms with Gasteiger partial charge in [0, 0.05) is 12.0 Å². The number of nitrogens with one attached hydrogen (secondary N) is 1. The molecule has 1 aliphatic rings. The SMILES string of the molecule is [CH2][C@@]1(C)CCC(=O)N1. The summed E-state index contributed by atoms with van der Waals surface area (Å²) in [6, 6.07) is 0. The summed E-state index contributed by atoms with van der Waals surface area (Å²) in [5.41, 5.74) is -0.183. The average molecular weight is 112 g/mol. The zero-order valence-electron chi connectivity index (χ0n) is 5.03. The standard InChI is InChI=1S/C6H10NO/c1-6(2)4-3-5(8)7-6/h1,3-4H2,2H3,(H,7,8)/t6-/m1/s1. The smallest absolute Gasteiger partial charge is 0.220 e. The molecule has 8 heavy (non-hydrogen) atoms. The monoisotopic (exact) mass is 112 g/mol. The molecule has 0 aromatic heterocycles. The van der Waals surface area contributed by atoms with Crippen molar-refractivity contribution in [1.82, 2.24) is 5.32 Å². The summed E-state index contributed by atoms with van der Waals surface area (Å²) in [6.45, 7) is 5.72. The van der Waals surface area contributed by atoms with Gasteiger partial charge in [-0.3, -0.25) is 4.79 Å². The van der Waals surface area contributed by atoms with Gasteiger partial charge in [-0.25, -0.2) is 0 Å². The highest BCUT2D eigenvalue weighted by molar-refractivity contribution is 5.79. The Hall–Kier alpha value is -0.530. The molecule has 1 amide bonds. The zero-order valence-corrected chi connectivity index (χ0v) is 5.03. The molecular formula is C6H10NO. The molecule has 0 bridgehead atoms. The van der Waals surface area contributed by atoms with Crippen molar-refractivity contribution in [2.75, 3.05) is 0 Å². The van der Waals surface area contributed by atoms with Gasteiger partial charge >= 0.3 is 0 Å². The van der Waals surface area contributed by atoms with E-state index in [0.29, 0.717) is 6.42 Å². The third-order valence-electron chi connectivity index (χ3n) is 1.35. The molecule has 45 valence electrons. The summed E-state index contributed by atoms with van der Waals surface area (Å²) in [7, 11) is 0. The number of rotatable bonds is 0. The molecule has 1 heterocycles. The molecule has 2 nitrogen and oxygen atoms in total. The lowest BCUT2D eigenvalue weighted by molar-refractivity contribution is -0.119. The molecule has 0 aliphatic carbocycles. The highest BCUT2D eigenvalue weighted by atomic mass is 16.2. The first-order valence-corrected chi connectivity index (χ1v) is 2.76. The molecule has 1 saturated heterocycles. The Balaban J connectivity index is 2.56. The van der Waals surface area contributed by atoms with E-state index in [1.807, 2.05) is 6.92 Å². The van der Waals surface area contributed by atoms with Crippen molar-refractivity contribution in [1.29, 1.82) is 0 Å². The second-order valence-corrected chi connectivity index (χ2v) is 2.61. The van der Waals surface area contributed by atoms with Crippen LogP contribution < -0.4 is 5.32 Å². The highest BCUT2D eigenvalue weighted by Gasteiger charge is 2.27. The van der Waals surface area contributed by atoms with E-state index in [1.54, 1.807) is 0 Å². The Labute approximate surface area is 49.3 Å². The first kappa shape index (κ1) is 5.60. The first-order chi connectivity index (χ1) is 3.60. The Morgan fingerprint density at radius 3 is 2.62 bits per heavy atom. The fraction of sp³-hybridized carbons (Fsp3) is 0.667. The molecule has 0 aromatic carbocycles. The molecule has 0 saturated carbocycles.